The minimum atomic E-state index is -1.03. The van der Waals surface area contributed by atoms with E-state index in [4.69, 9.17) is 0 Å². The van der Waals surface area contributed by atoms with Crippen molar-refractivity contribution < 1.29 is 9.59 Å². The molecule has 2 aromatic heterocycles. The summed E-state index contributed by atoms with van der Waals surface area (Å²) >= 11 is 1.30. The largest absolute Gasteiger partial charge is 0.336 e. The van der Waals surface area contributed by atoms with Gasteiger partial charge in [-0.25, -0.2) is 19.7 Å². The number of nitrogens with one attached hydrogen (secondary N) is 1. The predicted molar refractivity (Wildman–Crippen MR) is 91.4 cm³/mol. The molecule has 3 heterocycles. The van der Waals surface area contributed by atoms with E-state index in [1.165, 1.54) is 16.2 Å². The lowest BCUT2D eigenvalue weighted by Crippen LogP contribution is -2.27. The van der Waals surface area contributed by atoms with Crippen LogP contribution in [-0.2, 0) is 11.2 Å². The number of hydrogen-bond donors (Lipinski definition) is 1. The van der Waals surface area contributed by atoms with E-state index >= 15 is 0 Å². The second-order valence-corrected chi connectivity index (χ2v) is 6.56. The molecule has 1 aliphatic heterocycles. The summed E-state index contributed by atoms with van der Waals surface area (Å²) in [6.07, 6.45) is 0.000531. The number of amides is 2. The smallest absolute Gasteiger partial charge is 0.323 e. The van der Waals surface area contributed by atoms with Gasteiger partial charge in [0.1, 0.15) is 0 Å². The normalized spacial score (nSPS) is 14.9. The molecule has 1 atom stereocenters. The number of carbonyl (C=O) groups excluding carboxylic acids is 2. The molecule has 1 N–H and O–H groups in total. The topological polar surface area (TPSA) is 112 Å². The van der Waals surface area contributed by atoms with Gasteiger partial charge in [-0.05, 0) is 19.9 Å². The van der Waals surface area contributed by atoms with Gasteiger partial charge in [0.15, 0.2) is 22.7 Å². The SMILES string of the molecule is Cc1cc(C)nc(C(C#N)C(=O)Cc2csc(N3CCNC3=O)n2)n1. The number of carbonyl (C=O) groups is 2. The van der Waals surface area contributed by atoms with Crippen LogP contribution < -0.4 is 10.2 Å². The molecule has 0 saturated carbocycles. The maximum Gasteiger partial charge on any atom is 0.323 e. The fourth-order valence-corrected chi connectivity index (χ4v) is 3.44. The fraction of sp³-hybridized carbons (Fsp3) is 0.375. The minimum absolute atomic E-state index is 0.000531. The number of hydrogen-bond acceptors (Lipinski definition) is 7. The van der Waals surface area contributed by atoms with E-state index in [-0.39, 0.29) is 24.1 Å². The Hall–Kier alpha value is -2.86. The first-order valence-electron chi connectivity index (χ1n) is 7.72. The Morgan fingerprint density at radius 2 is 2.12 bits per heavy atom. The van der Waals surface area contributed by atoms with E-state index in [1.807, 2.05) is 6.07 Å². The van der Waals surface area contributed by atoms with E-state index in [2.05, 4.69) is 20.3 Å². The van der Waals surface area contributed by atoms with Crippen LogP contribution in [0.25, 0.3) is 0 Å². The van der Waals surface area contributed by atoms with Gasteiger partial charge in [0, 0.05) is 29.9 Å². The van der Waals surface area contributed by atoms with Crippen LogP contribution in [0.15, 0.2) is 11.4 Å². The number of rotatable bonds is 5. The van der Waals surface area contributed by atoms with Crippen LogP contribution in [0, 0.1) is 25.2 Å². The standard InChI is InChI=1S/C16H16N6O2S/c1-9-5-10(2)20-14(19-9)12(7-17)13(23)6-11-8-25-16(21-11)22-4-3-18-15(22)24/h5,8,12H,3-4,6H2,1-2H3,(H,18,24). The van der Waals surface area contributed by atoms with E-state index in [0.29, 0.717) is 35.3 Å². The molecule has 9 heteroatoms. The number of anilines is 1. The van der Waals surface area contributed by atoms with Crippen molar-refractivity contribution in [2.45, 2.75) is 26.2 Å². The number of nitriles is 1. The van der Waals surface area contributed by atoms with Crippen LogP contribution in [0.2, 0.25) is 0 Å². The molecule has 1 saturated heterocycles. The lowest BCUT2D eigenvalue weighted by atomic mass is 10.0. The van der Waals surface area contributed by atoms with Crippen LogP contribution in [-0.4, -0.2) is 39.9 Å². The molecule has 0 aromatic carbocycles. The molecule has 8 nitrogen and oxygen atoms in total. The molecule has 1 aliphatic rings. The van der Waals surface area contributed by atoms with Crippen molar-refractivity contribution in [1.29, 1.82) is 5.26 Å². The molecular weight excluding hydrogens is 340 g/mol. The van der Waals surface area contributed by atoms with Gasteiger partial charge in [-0.15, -0.1) is 11.3 Å². The Labute approximate surface area is 148 Å². The number of ketones is 1. The minimum Gasteiger partial charge on any atom is -0.336 e. The monoisotopic (exact) mass is 356 g/mol. The van der Waals surface area contributed by atoms with Gasteiger partial charge in [0.25, 0.3) is 0 Å². The number of aryl methyl sites for hydroxylation is 2. The predicted octanol–water partition coefficient (Wildman–Crippen LogP) is 1.50. The van der Waals surface area contributed by atoms with Crippen molar-refractivity contribution in [3.05, 3.63) is 34.4 Å². The van der Waals surface area contributed by atoms with E-state index < -0.39 is 5.92 Å². The molecule has 1 fully saturated rings. The lowest BCUT2D eigenvalue weighted by Gasteiger charge is -2.09. The molecule has 2 aromatic rings. The second kappa shape index (κ2) is 6.94. The second-order valence-electron chi connectivity index (χ2n) is 5.72. The number of nitrogens with zero attached hydrogens (tertiary/aromatic N) is 5. The number of urea groups is 1. The van der Waals surface area contributed by atoms with Crippen molar-refractivity contribution in [1.82, 2.24) is 20.3 Å². The average Bonchev–Trinajstić information content (AvgIpc) is 3.15. The van der Waals surface area contributed by atoms with Crippen LogP contribution in [0.3, 0.4) is 0 Å². The third-order valence-corrected chi connectivity index (χ3v) is 4.60. The molecule has 2 amide bonds. The highest BCUT2D eigenvalue weighted by atomic mass is 32.1. The van der Waals surface area contributed by atoms with Crippen LogP contribution in [0.4, 0.5) is 9.93 Å². The summed E-state index contributed by atoms with van der Waals surface area (Å²) in [4.78, 5) is 38.5. The van der Waals surface area contributed by atoms with Crippen LogP contribution >= 0.6 is 11.3 Å². The lowest BCUT2D eigenvalue weighted by molar-refractivity contribution is -0.118. The molecular formula is C16H16N6O2S. The molecule has 25 heavy (non-hydrogen) atoms. The van der Waals surface area contributed by atoms with Crippen LogP contribution in [0.5, 0.6) is 0 Å². The van der Waals surface area contributed by atoms with Crippen molar-refractivity contribution in [3.8, 4) is 6.07 Å². The van der Waals surface area contributed by atoms with Crippen molar-refractivity contribution in [2.75, 3.05) is 18.0 Å². The van der Waals surface area contributed by atoms with Gasteiger partial charge in [-0.3, -0.25) is 9.69 Å². The molecule has 0 bridgehead atoms. The maximum absolute atomic E-state index is 12.5. The summed E-state index contributed by atoms with van der Waals surface area (Å²) in [7, 11) is 0. The van der Waals surface area contributed by atoms with Crippen molar-refractivity contribution in [3.63, 3.8) is 0 Å². The third-order valence-electron chi connectivity index (χ3n) is 3.69. The number of thiazole rings is 1. The van der Waals surface area contributed by atoms with E-state index in [0.717, 1.165) is 0 Å². The van der Waals surface area contributed by atoms with Crippen LogP contribution in [0.1, 0.15) is 28.8 Å². The molecule has 1 unspecified atom stereocenters. The Morgan fingerprint density at radius 3 is 2.72 bits per heavy atom. The summed E-state index contributed by atoms with van der Waals surface area (Å²) in [6, 6.07) is 3.59. The zero-order valence-electron chi connectivity index (χ0n) is 13.8. The highest BCUT2D eigenvalue weighted by Crippen LogP contribution is 2.23. The maximum atomic E-state index is 12.5. The first kappa shape index (κ1) is 17.0. The zero-order valence-corrected chi connectivity index (χ0v) is 14.6. The average molecular weight is 356 g/mol. The first-order valence-corrected chi connectivity index (χ1v) is 8.60. The summed E-state index contributed by atoms with van der Waals surface area (Å²) < 4.78 is 0. The van der Waals surface area contributed by atoms with Gasteiger partial charge in [0.2, 0.25) is 0 Å². The Bertz CT molecular complexity index is 852. The molecule has 0 spiro atoms. The van der Waals surface area contributed by atoms with Gasteiger partial charge >= 0.3 is 6.03 Å². The van der Waals surface area contributed by atoms with Crippen molar-refractivity contribution >= 4 is 28.3 Å². The zero-order chi connectivity index (χ0) is 18.0. The third kappa shape index (κ3) is 3.64. The molecule has 3 rings (SSSR count). The first-order chi connectivity index (χ1) is 12.0. The highest BCUT2D eigenvalue weighted by Gasteiger charge is 2.27. The van der Waals surface area contributed by atoms with Gasteiger partial charge in [-0.2, -0.15) is 5.26 Å². The number of aromatic nitrogens is 3. The van der Waals surface area contributed by atoms with Gasteiger partial charge in [-0.1, -0.05) is 0 Å². The molecule has 0 aliphatic carbocycles. The molecule has 0 radical (unpaired) electrons. The highest BCUT2D eigenvalue weighted by molar-refractivity contribution is 7.14. The van der Waals surface area contributed by atoms with E-state index in [1.54, 1.807) is 25.3 Å². The summed E-state index contributed by atoms with van der Waals surface area (Å²) in [5.41, 5.74) is 1.97. The Kier molecular flexibility index (Phi) is 4.72. The quantitative estimate of drug-likeness (QED) is 0.869. The fourth-order valence-electron chi connectivity index (χ4n) is 2.59. The molecule has 128 valence electrons. The van der Waals surface area contributed by atoms with E-state index in [9.17, 15) is 14.9 Å². The summed E-state index contributed by atoms with van der Waals surface area (Å²) in [6.45, 7) is 4.72. The summed E-state index contributed by atoms with van der Waals surface area (Å²) in [5, 5.41) is 14.4. The Balaban J connectivity index is 1.75. The number of Topliss-reactive ketones (excluding diaryl/α,β-unsaturated/α-hetero) is 1. The van der Waals surface area contributed by atoms with Gasteiger partial charge < -0.3 is 5.32 Å². The Morgan fingerprint density at radius 1 is 1.40 bits per heavy atom. The van der Waals surface area contributed by atoms with Crippen molar-refractivity contribution in [2.24, 2.45) is 0 Å². The summed E-state index contributed by atoms with van der Waals surface area (Å²) in [5.74, 6) is -1.12. The van der Waals surface area contributed by atoms with Gasteiger partial charge in [0.05, 0.1) is 18.2 Å².